The van der Waals surface area contributed by atoms with E-state index in [9.17, 15) is 44.1 Å². The molecule has 0 spiro atoms. The van der Waals surface area contributed by atoms with Crippen molar-refractivity contribution >= 4 is 35.8 Å². The minimum Gasteiger partial charge on any atom is -0.463 e. The van der Waals surface area contributed by atoms with Gasteiger partial charge < -0.3 is 78.9 Å². The third-order valence-electron chi connectivity index (χ3n) is 7.87. The van der Waals surface area contributed by atoms with Crippen LogP contribution in [0, 0.1) is 0 Å². The zero-order valence-corrected chi connectivity index (χ0v) is 29.2. The summed E-state index contributed by atoms with van der Waals surface area (Å²) in [4.78, 5) is 70.5. The van der Waals surface area contributed by atoms with Crippen LogP contribution in [-0.4, -0.2) is 163 Å². The molecule has 52 heavy (non-hydrogen) atoms. The molecule has 0 aromatic heterocycles. The Hall–Kier alpha value is -3.58. The van der Waals surface area contributed by atoms with Gasteiger partial charge in [-0.25, -0.2) is 0 Å². The molecule has 0 radical (unpaired) electrons. The van der Waals surface area contributed by atoms with Crippen LogP contribution in [0.2, 0.25) is 0 Å². The lowest BCUT2D eigenvalue weighted by atomic mass is 9.95. The van der Waals surface area contributed by atoms with Crippen molar-refractivity contribution in [1.29, 1.82) is 0 Å². The Morgan fingerprint density at radius 3 is 1.33 bits per heavy atom. The first-order chi connectivity index (χ1) is 24.3. The van der Waals surface area contributed by atoms with Crippen molar-refractivity contribution < 1.29 is 96.2 Å². The quantitative estimate of drug-likeness (QED) is 0.0879. The SMILES string of the molecule is CC(=O)OC[C@H]1O[C@@H](OC[C@H]2O[C@@H](O)[C@H](O[C@@H]3O[C@H](COC(C)=O)[C@@H](OC(C)=O)[C@H](OC(C)=O)[C@H]3N)[C@@H](O)[C@H]2O)[C@H](N)[C@@H](OC(C)=O)[C@@H]1OC(C)=O. The van der Waals surface area contributed by atoms with Crippen molar-refractivity contribution in [2.24, 2.45) is 11.5 Å². The predicted octanol–water partition coefficient (Wildman–Crippen LogP) is -4.22. The van der Waals surface area contributed by atoms with Crippen LogP contribution in [0.4, 0.5) is 0 Å². The molecule has 0 bridgehead atoms. The second-order valence-corrected chi connectivity index (χ2v) is 12.1. The Morgan fingerprint density at radius 1 is 0.500 bits per heavy atom. The highest BCUT2D eigenvalue weighted by Crippen LogP contribution is 2.32. The predicted molar refractivity (Wildman–Crippen MR) is 162 cm³/mol. The standard InChI is InChI=1S/C30H46N2O20/c1-10(33)42-8-17-23(45-12(3)35)25(47-14(5)37)19(31)29(50-17)44-7-16-21(39)22(40)27(28(41)49-16)52-30-20(32)26(48-15(6)38)24(46-13(4)36)18(51-30)9-43-11(2)34/h16-30,39-41H,7-9,31-32H2,1-6H3/t16-,17-,18-,19-,20-,21+,22+,23-,24-,25-,26-,27-,28-,29-,30+/m1/s1. The summed E-state index contributed by atoms with van der Waals surface area (Å²) in [6.45, 7) is 4.93. The maximum absolute atomic E-state index is 11.9. The number of carbonyl (C=O) groups excluding carboxylic acids is 6. The van der Waals surface area contributed by atoms with Gasteiger partial charge in [0.05, 0.1) is 18.7 Å². The fraction of sp³-hybridized carbons (Fsp3) is 0.800. The molecule has 15 atom stereocenters. The highest BCUT2D eigenvalue weighted by atomic mass is 16.7. The summed E-state index contributed by atoms with van der Waals surface area (Å²) in [6, 6.07) is -2.75. The van der Waals surface area contributed by atoms with Gasteiger partial charge in [0.1, 0.15) is 49.8 Å². The van der Waals surface area contributed by atoms with Crippen molar-refractivity contribution in [2.45, 2.75) is 134 Å². The van der Waals surface area contributed by atoms with Crippen LogP contribution in [0.1, 0.15) is 41.5 Å². The highest BCUT2D eigenvalue weighted by Gasteiger charge is 2.54. The molecule has 3 aliphatic rings. The van der Waals surface area contributed by atoms with Gasteiger partial charge in [-0.05, 0) is 0 Å². The first-order valence-corrected chi connectivity index (χ1v) is 16.0. The van der Waals surface area contributed by atoms with Crippen LogP contribution in [0.3, 0.4) is 0 Å². The Balaban J connectivity index is 1.76. The number of hydrogen-bond acceptors (Lipinski definition) is 22. The molecule has 3 fully saturated rings. The van der Waals surface area contributed by atoms with Gasteiger partial charge in [-0.1, -0.05) is 0 Å². The Morgan fingerprint density at radius 2 is 0.904 bits per heavy atom. The minimum absolute atomic E-state index is 0.469. The molecule has 3 heterocycles. The molecule has 3 aliphatic heterocycles. The molecule has 0 aromatic carbocycles. The van der Waals surface area contributed by atoms with E-state index in [1.165, 1.54) is 0 Å². The Kier molecular flexibility index (Phi) is 15.6. The van der Waals surface area contributed by atoms with Gasteiger partial charge in [-0.3, -0.25) is 28.8 Å². The fourth-order valence-corrected chi connectivity index (χ4v) is 5.69. The number of hydrogen-bond donors (Lipinski definition) is 5. The second-order valence-electron chi connectivity index (χ2n) is 12.1. The third kappa shape index (κ3) is 11.5. The monoisotopic (exact) mass is 754 g/mol. The van der Waals surface area contributed by atoms with Crippen LogP contribution in [0.15, 0.2) is 0 Å². The molecule has 0 unspecified atom stereocenters. The number of nitrogens with two attached hydrogens (primary N) is 2. The third-order valence-corrected chi connectivity index (χ3v) is 7.87. The molecule has 0 aromatic rings. The van der Waals surface area contributed by atoms with Crippen molar-refractivity contribution in [3.05, 3.63) is 0 Å². The lowest BCUT2D eigenvalue weighted by Gasteiger charge is -2.47. The zero-order valence-electron chi connectivity index (χ0n) is 29.2. The van der Waals surface area contributed by atoms with Gasteiger partial charge >= 0.3 is 35.8 Å². The summed E-state index contributed by atoms with van der Waals surface area (Å²) in [5, 5.41) is 32.9. The summed E-state index contributed by atoms with van der Waals surface area (Å²) < 4.78 is 59.6. The van der Waals surface area contributed by atoms with Gasteiger partial charge in [-0.15, -0.1) is 0 Å². The van der Waals surface area contributed by atoms with Gasteiger partial charge in [0.2, 0.25) is 0 Å². The average Bonchev–Trinajstić information content (AvgIpc) is 3.03. The number of esters is 6. The number of carbonyl (C=O) groups is 6. The van der Waals surface area contributed by atoms with E-state index in [4.69, 9.17) is 63.6 Å². The van der Waals surface area contributed by atoms with E-state index in [1.807, 2.05) is 0 Å². The number of aliphatic hydroxyl groups excluding tert-OH is 3. The average molecular weight is 755 g/mol. The maximum atomic E-state index is 11.9. The fourth-order valence-electron chi connectivity index (χ4n) is 5.69. The smallest absolute Gasteiger partial charge is 0.303 e. The highest BCUT2D eigenvalue weighted by molar-refractivity contribution is 5.68. The number of ether oxygens (including phenoxy) is 11. The Labute approximate surface area is 297 Å². The molecule has 0 saturated carbocycles. The first kappa shape index (κ1) is 42.8. The van der Waals surface area contributed by atoms with E-state index in [0.717, 1.165) is 41.5 Å². The van der Waals surface area contributed by atoms with Crippen LogP contribution in [-0.2, 0) is 80.9 Å². The normalized spacial score (nSPS) is 37.6. The zero-order chi connectivity index (χ0) is 39.0. The molecule has 22 heteroatoms. The molecular formula is C30H46N2O20. The van der Waals surface area contributed by atoms with Gasteiger partial charge in [0.25, 0.3) is 0 Å². The second kappa shape index (κ2) is 19.0. The van der Waals surface area contributed by atoms with E-state index >= 15 is 0 Å². The van der Waals surface area contributed by atoms with Crippen LogP contribution in [0.25, 0.3) is 0 Å². The molecule has 0 amide bonds. The lowest BCUT2D eigenvalue weighted by Crippen LogP contribution is -2.67. The summed E-state index contributed by atoms with van der Waals surface area (Å²) in [6.07, 6.45) is -20.1. The molecule has 296 valence electrons. The van der Waals surface area contributed by atoms with Gasteiger partial charge in [0, 0.05) is 41.5 Å². The van der Waals surface area contributed by atoms with Crippen LogP contribution >= 0.6 is 0 Å². The van der Waals surface area contributed by atoms with E-state index < -0.39 is 148 Å². The van der Waals surface area contributed by atoms with Crippen molar-refractivity contribution in [3.8, 4) is 0 Å². The van der Waals surface area contributed by atoms with E-state index in [1.54, 1.807) is 0 Å². The number of aliphatic hydroxyl groups is 3. The first-order valence-electron chi connectivity index (χ1n) is 16.0. The molecule has 3 rings (SSSR count). The molecular weight excluding hydrogens is 708 g/mol. The number of rotatable bonds is 13. The van der Waals surface area contributed by atoms with E-state index in [0.29, 0.717) is 0 Å². The lowest BCUT2D eigenvalue weighted by molar-refractivity contribution is -0.352. The van der Waals surface area contributed by atoms with Crippen LogP contribution in [0.5, 0.6) is 0 Å². The van der Waals surface area contributed by atoms with E-state index in [-0.39, 0.29) is 0 Å². The molecule has 7 N–H and O–H groups in total. The van der Waals surface area contributed by atoms with Crippen molar-refractivity contribution in [1.82, 2.24) is 0 Å². The van der Waals surface area contributed by atoms with Crippen molar-refractivity contribution in [3.63, 3.8) is 0 Å². The summed E-state index contributed by atoms with van der Waals surface area (Å²) >= 11 is 0. The van der Waals surface area contributed by atoms with E-state index in [2.05, 4.69) is 0 Å². The molecule has 0 aliphatic carbocycles. The van der Waals surface area contributed by atoms with Gasteiger partial charge in [0.15, 0.2) is 43.3 Å². The Bertz CT molecular complexity index is 1280. The topological polar surface area (TPSA) is 317 Å². The van der Waals surface area contributed by atoms with Crippen molar-refractivity contribution in [2.75, 3.05) is 19.8 Å². The largest absolute Gasteiger partial charge is 0.463 e. The molecule has 22 nitrogen and oxygen atoms in total. The summed E-state index contributed by atoms with van der Waals surface area (Å²) in [5.41, 5.74) is 12.5. The van der Waals surface area contributed by atoms with Gasteiger partial charge in [-0.2, -0.15) is 0 Å². The summed E-state index contributed by atoms with van der Waals surface area (Å²) in [5.74, 6) is -4.65. The minimum atomic E-state index is -1.99. The summed E-state index contributed by atoms with van der Waals surface area (Å²) in [7, 11) is 0. The molecule has 3 saturated heterocycles. The maximum Gasteiger partial charge on any atom is 0.303 e. The van der Waals surface area contributed by atoms with Crippen LogP contribution < -0.4 is 11.5 Å².